The Balaban J connectivity index is 0.000000189. The Morgan fingerprint density at radius 3 is 2.53 bits per heavy atom. The Hall–Kier alpha value is -2.65. The van der Waals surface area contributed by atoms with E-state index in [2.05, 4.69) is 40.0 Å². The number of likely N-dealkylation sites (N-methyl/N-ethyl adjacent to an activating group) is 1. The molecule has 0 amide bonds. The van der Waals surface area contributed by atoms with Crippen molar-refractivity contribution in [1.29, 1.82) is 0 Å². The van der Waals surface area contributed by atoms with Gasteiger partial charge in [-0.3, -0.25) is 0 Å². The molecule has 0 saturated heterocycles. The summed E-state index contributed by atoms with van der Waals surface area (Å²) in [5.74, 6) is 0.744. The monoisotopic (exact) mass is 620 g/mol. The summed E-state index contributed by atoms with van der Waals surface area (Å²) >= 11 is 0. The fourth-order valence-corrected chi connectivity index (χ4v) is 10.2. The molecule has 4 aliphatic rings. The van der Waals surface area contributed by atoms with E-state index in [4.69, 9.17) is 4.42 Å². The maximum Gasteiger partial charge on any atom is 0.335 e. The summed E-state index contributed by atoms with van der Waals surface area (Å²) in [6, 6.07) is 8.46. The van der Waals surface area contributed by atoms with Gasteiger partial charge in [0.15, 0.2) is 0 Å². The van der Waals surface area contributed by atoms with E-state index in [0.717, 1.165) is 78.9 Å². The van der Waals surface area contributed by atoms with Crippen LogP contribution >= 0.6 is 0 Å². The van der Waals surface area contributed by atoms with Crippen molar-refractivity contribution in [1.82, 2.24) is 4.98 Å². The van der Waals surface area contributed by atoms with E-state index in [1.165, 1.54) is 11.6 Å². The van der Waals surface area contributed by atoms with Crippen LogP contribution in [0.2, 0.25) is 0 Å². The molecule has 8 nitrogen and oxygen atoms in total. The zero-order valence-electron chi connectivity index (χ0n) is 27.6. The number of aromatic amines is 1. The maximum absolute atomic E-state index is 12.2. The van der Waals surface area contributed by atoms with Crippen molar-refractivity contribution in [3.05, 3.63) is 64.3 Å². The number of quaternary nitrogens is 1. The summed E-state index contributed by atoms with van der Waals surface area (Å²) in [5.41, 5.74) is 1.61. The van der Waals surface area contributed by atoms with E-state index < -0.39 is 17.1 Å². The first kappa shape index (κ1) is 32.3. The number of nitrogens with zero attached hydrogens (tertiary/aromatic N) is 1. The zero-order chi connectivity index (χ0) is 32.4. The summed E-state index contributed by atoms with van der Waals surface area (Å²) < 4.78 is 6.07. The second kappa shape index (κ2) is 11.5. The number of rotatable bonds is 4. The fourth-order valence-electron chi connectivity index (χ4n) is 10.2. The second-order valence-electron chi connectivity index (χ2n) is 16.2. The lowest BCUT2D eigenvalue weighted by Gasteiger charge is -2.65. The van der Waals surface area contributed by atoms with E-state index in [1.807, 2.05) is 18.3 Å². The predicted molar refractivity (Wildman–Crippen MR) is 173 cm³/mol. The van der Waals surface area contributed by atoms with Gasteiger partial charge in [-0.15, -0.1) is 5.75 Å². The second-order valence-corrected chi connectivity index (χ2v) is 16.2. The largest absolute Gasteiger partial charge is 0.872 e. The summed E-state index contributed by atoms with van der Waals surface area (Å²) in [5, 5.41) is 46.2. The highest BCUT2D eigenvalue weighted by atomic mass is 16.4. The van der Waals surface area contributed by atoms with Gasteiger partial charge in [0.1, 0.15) is 0 Å². The van der Waals surface area contributed by atoms with Gasteiger partial charge >= 0.3 is 5.63 Å². The van der Waals surface area contributed by atoms with Gasteiger partial charge < -0.3 is 34.3 Å². The van der Waals surface area contributed by atoms with Crippen LogP contribution in [0.25, 0.3) is 10.9 Å². The van der Waals surface area contributed by atoms with E-state index in [0.29, 0.717) is 12.3 Å². The lowest BCUT2D eigenvalue weighted by atomic mass is 9.42. The molecule has 4 N–H and O–H groups in total. The van der Waals surface area contributed by atoms with Crippen molar-refractivity contribution in [2.45, 2.75) is 95.4 Å². The molecule has 1 aromatic carbocycles. The molecular formula is C37H52N2O6. The first-order chi connectivity index (χ1) is 21.1. The molecule has 8 heteroatoms. The van der Waals surface area contributed by atoms with Crippen molar-refractivity contribution >= 4 is 10.9 Å². The van der Waals surface area contributed by atoms with Crippen LogP contribution in [0.15, 0.2) is 52.0 Å². The molecule has 3 aromatic rings. The van der Waals surface area contributed by atoms with Gasteiger partial charge in [0, 0.05) is 35.0 Å². The summed E-state index contributed by atoms with van der Waals surface area (Å²) in [6.07, 6.45) is 10.5. The Bertz CT molecular complexity index is 1550. The molecule has 9 unspecified atom stereocenters. The molecule has 2 heterocycles. The standard InChI is InChI=1S/C24H34O5.C13H18N2O/c1-22-9-7-16(25)11-15(22)4-5-18-21(22)19(26)12-23(2)17(8-10-24(18,23)28)14-3-6-20(27)29-13-14;1-15(2,3)7-6-10-9-14-13-5-4-11(16)8-12(10)13/h3,6,13,15-19,21,25-26,28H,4-5,7-12H2,1-2H3;4-5,8-9,14H,6-7H2,1-3H3. The number of H-pyrrole nitrogens is 1. The Morgan fingerprint density at radius 2 is 1.82 bits per heavy atom. The number of benzene rings is 1. The van der Waals surface area contributed by atoms with Crippen LogP contribution in [0, 0.1) is 28.6 Å². The van der Waals surface area contributed by atoms with Crippen molar-refractivity contribution in [2.24, 2.45) is 28.6 Å². The van der Waals surface area contributed by atoms with Crippen LogP contribution < -0.4 is 10.7 Å². The lowest BCUT2D eigenvalue weighted by Crippen LogP contribution is -2.66. The van der Waals surface area contributed by atoms with Crippen LogP contribution in [0.3, 0.4) is 0 Å². The first-order valence-corrected chi connectivity index (χ1v) is 16.9. The normalized spacial score (nSPS) is 37.7. The van der Waals surface area contributed by atoms with E-state index in [-0.39, 0.29) is 40.6 Å². The number of aliphatic hydroxyl groups is 3. The molecular weight excluding hydrogens is 568 g/mol. The van der Waals surface area contributed by atoms with Crippen molar-refractivity contribution < 1.29 is 29.3 Å². The third-order valence-corrected chi connectivity index (χ3v) is 12.7. The fraction of sp³-hybridized carbons (Fsp3) is 0.649. The van der Waals surface area contributed by atoms with Crippen LogP contribution in [-0.2, 0) is 6.42 Å². The van der Waals surface area contributed by atoms with Gasteiger partial charge in [0.05, 0.1) is 51.8 Å². The molecule has 246 valence electrons. The summed E-state index contributed by atoms with van der Waals surface area (Å²) in [6.45, 7) is 5.50. The molecule has 0 bridgehead atoms. The zero-order valence-corrected chi connectivity index (χ0v) is 27.6. The molecule has 2 aromatic heterocycles. The van der Waals surface area contributed by atoms with Gasteiger partial charge in [0.25, 0.3) is 0 Å². The summed E-state index contributed by atoms with van der Waals surface area (Å²) in [4.78, 5) is 14.6. The number of nitrogens with one attached hydrogen (secondary N) is 1. The topological polar surface area (TPSA) is 130 Å². The molecule has 4 fully saturated rings. The van der Waals surface area contributed by atoms with Crippen LogP contribution in [0.1, 0.15) is 82.3 Å². The minimum absolute atomic E-state index is 0.0176. The van der Waals surface area contributed by atoms with Crippen LogP contribution in [-0.4, -0.2) is 70.3 Å². The van der Waals surface area contributed by atoms with Gasteiger partial charge in [-0.1, -0.05) is 26.0 Å². The minimum atomic E-state index is -0.818. The van der Waals surface area contributed by atoms with Crippen LogP contribution in [0.5, 0.6) is 5.75 Å². The molecule has 0 spiro atoms. The van der Waals surface area contributed by atoms with Gasteiger partial charge in [0.2, 0.25) is 0 Å². The molecule has 0 radical (unpaired) electrons. The van der Waals surface area contributed by atoms with Gasteiger partial charge in [-0.2, -0.15) is 0 Å². The minimum Gasteiger partial charge on any atom is -0.872 e. The number of fused-ring (bicyclic) bond motifs is 6. The predicted octanol–water partition coefficient (Wildman–Crippen LogP) is 4.70. The molecule has 9 atom stereocenters. The highest BCUT2D eigenvalue weighted by Crippen LogP contribution is 2.70. The van der Waals surface area contributed by atoms with Crippen molar-refractivity contribution in [2.75, 3.05) is 27.7 Å². The van der Waals surface area contributed by atoms with Gasteiger partial charge in [-0.25, -0.2) is 4.79 Å². The van der Waals surface area contributed by atoms with Crippen LogP contribution in [0.4, 0.5) is 0 Å². The molecule has 4 aliphatic carbocycles. The third-order valence-electron chi connectivity index (χ3n) is 12.7. The molecule has 7 rings (SSSR count). The number of hydrogen-bond donors (Lipinski definition) is 4. The van der Waals surface area contributed by atoms with E-state index in [1.54, 1.807) is 18.4 Å². The van der Waals surface area contributed by atoms with Gasteiger partial charge in [-0.05, 0) is 104 Å². The highest BCUT2D eigenvalue weighted by molar-refractivity contribution is 5.84. The molecule has 4 saturated carbocycles. The maximum atomic E-state index is 12.2. The molecule has 0 aliphatic heterocycles. The van der Waals surface area contributed by atoms with E-state index >= 15 is 0 Å². The SMILES string of the molecule is CC12CCC(O)CC1CCC1C2C(O)CC2(C)C(c3ccc(=O)oc3)CCC12O.C[N+](C)(C)CCc1c[nH]c2ccc([O-])cc12. The Labute approximate surface area is 266 Å². The Morgan fingerprint density at radius 1 is 1.04 bits per heavy atom. The number of hydrogen-bond acceptors (Lipinski definition) is 6. The van der Waals surface area contributed by atoms with Crippen molar-refractivity contribution in [3.8, 4) is 5.75 Å². The number of aliphatic hydroxyl groups excluding tert-OH is 2. The highest BCUT2D eigenvalue weighted by Gasteiger charge is 2.69. The molecule has 45 heavy (non-hydrogen) atoms. The average Bonchev–Trinajstić information content (AvgIpc) is 3.50. The number of aromatic nitrogens is 1. The smallest absolute Gasteiger partial charge is 0.335 e. The van der Waals surface area contributed by atoms with E-state index in [9.17, 15) is 25.2 Å². The third kappa shape index (κ3) is 5.66. The van der Waals surface area contributed by atoms with Crippen molar-refractivity contribution in [3.63, 3.8) is 0 Å². The quantitative estimate of drug-likeness (QED) is 0.313. The first-order valence-electron chi connectivity index (χ1n) is 16.9. The lowest BCUT2D eigenvalue weighted by molar-refractivity contribution is -0.870. The summed E-state index contributed by atoms with van der Waals surface area (Å²) in [7, 11) is 6.52. The Kier molecular flexibility index (Phi) is 8.29. The average molecular weight is 621 g/mol.